The molecule has 0 aliphatic heterocycles. The highest BCUT2D eigenvalue weighted by Gasteiger charge is 2.30. The van der Waals surface area contributed by atoms with Crippen LogP contribution in [0.15, 0.2) is 0 Å². The van der Waals surface area contributed by atoms with Gasteiger partial charge in [-0.25, -0.2) is 8.42 Å². The van der Waals surface area contributed by atoms with Crippen LogP contribution in [-0.2, 0) is 10.0 Å². The normalized spacial score (nSPS) is 20.6. The third-order valence-electron chi connectivity index (χ3n) is 2.61. The minimum atomic E-state index is -3.26. The van der Waals surface area contributed by atoms with E-state index in [9.17, 15) is 8.42 Å². The van der Waals surface area contributed by atoms with Gasteiger partial charge in [0.15, 0.2) is 0 Å². The SMILES string of the molecule is CCC(C#N)NS(=O)(=O)C1CCCC1. The van der Waals surface area contributed by atoms with E-state index >= 15 is 0 Å². The number of hydrogen-bond donors (Lipinski definition) is 1. The van der Waals surface area contributed by atoms with Gasteiger partial charge in [-0.3, -0.25) is 0 Å². The van der Waals surface area contributed by atoms with Gasteiger partial charge in [-0.1, -0.05) is 19.8 Å². The molecule has 80 valence electrons. The van der Waals surface area contributed by atoms with Gasteiger partial charge in [0.05, 0.1) is 11.3 Å². The summed E-state index contributed by atoms with van der Waals surface area (Å²) in [6, 6.07) is 1.37. The molecule has 1 aliphatic rings. The molecule has 0 heterocycles. The Morgan fingerprint density at radius 3 is 2.50 bits per heavy atom. The van der Waals surface area contributed by atoms with Crippen molar-refractivity contribution in [1.82, 2.24) is 4.72 Å². The Morgan fingerprint density at radius 1 is 1.50 bits per heavy atom. The van der Waals surface area contributed by atoms with E-state index in [2.05, 4.69) is 4.72 Å². The standard InChI is InChI=1S/C9H16N2O2S/c1-2-8(7-10)11-14(12,13)9-5-3-4-6-9/h8-9,11H,2-6H2,1H3. The van der Waals surface area contributed by atoms with Crippen molar-refractivity contribution in [1.29, 1.82) is 5.26 Å². The van der Waals surface area contributed by atoms with Crippen LogP contribution in [0, 0.1) is 11.3 Å². The van der Waals surface area contributed by atoms with Gasteiger partial charge in [0.25, 0.3) is 0 Å². The predicted molar refractivity (Wildman–Crippen MR) is 54.0 cm³/mol. The first-order valence-electron chi connectivity index (χ1n) is 5.01. The van der Waals surface area contributed by atoms with E-state index in [1.165, 1.54) is 0 Å². The van der Waals surface area contributed by atoms with Gasteiger partial charge in [-0.15, -0.1) is 0 Å². The number of rotatable bonds is 4. The van der Waals surface area contributed by atoms with Crippen LogP contribution in [-0.4, -0.2) is 19.7 Å². The minimum Gasteiger partial charge on any atom is -0.212 e. The van der Waals surface area contributed by atoms with Gasteiger partial charge in [0.1, 0.15) is 6.04 Å². The summed E-state index contributed by atoms with van der Waals surface area (Å²) in [6.07, 6.45) is 3.95. The van der Waals surface area contributed by atoms with Crippen molar-refractivity contribution < 1.29 is 8.42 Å². The molecule has 0 aromatic carbocycles. The zero-order valence-corrected chi connectivity index (χ0v) is 9.18. The lowest BCUT2D eigenvalue weighted by atomic mass is 10.3. The first kappa shape index (κ1) is 11.5. The van der Waals surface area contributed by atoms with Crippen molar-refractivity contribution in [2.24, 2.45) is 0 Å². The lowest BCUT2D eigenvalue weighted by Crippen LogP contribution is -2.39. The topological polar surface area (TPSA) is 70.0 Å². The molecule has 1 aliphatic carbocycles. The molecule has 1 atom stereocenters. The average Bonchev–Trinajstić information content (AvgIpc) is 2.67. The summed E-state index contributed by atoms with van der Waals surface area (Å²) >= 11 is 0. The van der Waals surface area contributed by atoms with E-state index in [0.717, 1.165) is 25.7 Å². The Labute approximate surface area is 85.4 Å². The molecular formula is C9H16N2O2S. The summed E-state index contributed by atoms with van der Waals surface area (Å²) in [5.41, 5.74) is 0. The lowest BCUT2D eigenvalue weighted by Gasteiger charge is -2.14. The van der Waals surface area contributed by atoms with Crippen LogP contribution in [0.1, 0.15) is 39.0 Å². The molecule has 0 saturated heterocycles. The first-order valence-corrected chi connectivity index (χ1v) is 6.55. The quantitative estimate of drug-likeness (QED) is 0.766. The minimum absolute atomic E-state index is 0.273. The van der Waals surface area contributed by atoms with Gasteiger partial charge in [0.2, 0.25) is 10.0 Å². The van der Waals surface area contributed by atoms with Crippen LogP contribution in [0.4, 0.5) is 0 Å². The van der Waals surface area contributed by atoms with Crippen LogP contribution >= 0.6 is 0 Å². The molecule has 1 rings (SSSR count). The van der Waals surface area contributed by atoms with E-state index < -0.39 is 16.1 Å². The molecule has 5 heteroatoms. The fourth-order valence-corrected chi connectivity index (χ4v) is 3.46. The van der Waals surface area contributed by atoms with Crippen LogP contribution in [0.3, 0.4) is 0 Å². The van der Waals surface area contributed by atoms with Crippen molar-refractivity contribution in [3.63, 3.8) is 0 Å². The highest BCUT2D eigenvalue weighted by Crippen LogP contribution is 2.24. The molecule has 4 nitrogen and oxygen atoms in total. The third kappa shape index (κ3) is 2.69. The highest BCUT2D eigenvalue weighted by molar-refractivity contribution is 7.90. The van der Waals surface area contributed by atoms with Gasteiger partial charge in [0, 0.05) is 0 Å². The van der Waals surface area contributed by atoms with E-state index in [4.69, 9.17) is 5.26 Å². The molecule has 0 aromatic heterocycles. The number of hydrogen-bond acceptors (Lipinski definition) is 3. The second-order valence-electron chi connectivity index (χ2n) is 3.66. The molecule has 1 saturated carbocycles. The molecule has 0 aromatic rings. The van der Waals surface area contributed by atoms with Crippen LogP contribution in [0.5, 0.6) is 0 Å². The van der Waals surface area contributed by atoms with E-state index in [1.54, 1.807) is 6.92 Å². The highest BCUT2D eigenvalue weighted by atomic mass is 32.2. The fraction of sp³-hybridized carbons (Fsp3) is 0.889. The van der Waals surface area contributed by atoms with Crippen molar-refractivity contribution in [2.45, 2.75) is 50.3 Å². The summed E-state index contributed by atoms with van der Waals surface area (Å²) in [5.74, 6) is 0. The van der Waals surface area contributed by atoms with Gasteiger partial charge in [-0.2, -0.15) is 9.98 Å². The molecule has 14 heavy (non-hydrogen) atoms. The summed E-state index contributed by atoms with van der Waals surface area (Å²) in [5, 5.41) is 8.38. The van der Waals surface area contributed by atoms with E-state index in [1.807, 2.05) is 6.07 Å². The number of nitrogens with one attached hydrogen (secondary N) is 1. The van der Waals surface area contributed by atoms with Crippen molar-refractivity contribution in [3.05, 3.63) is 0 Å². The molecule has 0 amide bonds. The van der Waals surface area contributed by atoms with Gasteiger partial charge >= 0.3 is 0 Å². The maximum atomic E-state index is 11.7. The molecule has 0 radical (unpaired) electrons. The summed E-state index contributed by atoms with van der Waals surface area (Å²) < 4.78 is 25.8. The largest absolute Gasteiger partial charge is 0.215 e. The fourth-order valence-electron chi connectivity index (χ4n) is 1.69. The summed E-state index contributed by atoms with van der Waals surface area (Å²) in [7, 11) is -3.26. The maximum absolute atomic E-state index is 11.7. The van der Waals surface area contributed by atoms with Crippen molar-refractivity contribution in [3.8, 4) is 6.07 Å². The summed E-state index contributed by atoms with van der Waals surface area (Å²) in [4.78, 5) is 0. The Bertz CT molecular complexity index is 312. The zero-order chi connectivity index (χ0) is 10.6. The Morgan fingerprint density at radius 2 is 2.07 bits per heavy atom. The van der Waals surface area contributed by atoms with Crippen LogP contribution in [0.2, 0.25) is 0 Å². The zero-order valence-electron chi connectivity index (χ0n) is 8.36. The van der Waals surface area contributed by atoms with Crippen molar-refractivity contribution >= 4 is 10.0 Å². The van der Waals surface area contributed by atoms with Gasteiger partial charge in [-0.05, 0) is 19.3 Å². The molecule has 1 fully saturated rings. The predicted octanol–water partition coefficient (Wildman–Crippen LogP) is 1.15. The molecule has 1 N–H and O–H groups in total. The van der Waals surface area contributed by atoms with Crippen LogP contribution < -0.4 is 4.72 Å². The first-order chi connectivity index (χ1) is 6.60. The monoisotopic (exact) mass is 216 g/mol. The van der Waals surface area contributed by atoms with Crippen LogP contribution in [0.25, 0.3) is 0 Å². The summed E-state index contributed by atoms with van der Waals surface area (Å²) in [6.45, 7) is 1.80. The van der Waals surface area contributed by atoms with Gasteiger partial charge < -0.3 is 0 Å². The number of nitrogens with zero attached hydrogens (tertiary/aromatic N) is 1. The second-order valence-corrected chi connectivity index (χ2v) is 5.65. The smallest absolute Gasteiger partial charge is 0.212 e. The number of sulfonamides is 1. The van der Waals surface area contributed by atoms with Crippen molar-refractivity contribution in [2.75, 3.05) is 0 Å². The molecule has 0 bridgehead atoms. The Balaban J connectivity index is 2.61. The van der Waals surface area contributed by atoms with E-state index in [-0.39, 0.29) is 5.25 Å². The second kappa shape index (κ2) is 4.76. The Kier molecular flexibility index (Phi) is 3.90. The molecular weight excluding hydrogens is 200 g/mol. The lowest BCUT2D eigenvalue weighted by molar-refractivity contribution is 0.553. The Hall–Kier alpha value is -0.600. The average molecular weight is 216 g/mol. The maximum Gasteiger partial charge on any atom is 0.215 e. The third-order valence-corrected chi connectivity index (χ3v) is 4.57. The van der Waals surface area contributed by atoms with E-state index in [0.29, 0.717) is 6.42 Å². The number of nitriles is 1. The molecule has 1 unspecified atom stereocenters. The molecule has 0 spiro atoms.